The third kappa shape index (κ3) is 4.09. The number of piperazine rings is 1. The predicted molar refractivity (Wildman–Crippen MR) is 112 cm³/mol. The molecule has 1 aliphatic rings. The second-order valence-electron chi connectivity index (χ2n) is 7.50. The van der Waals surface area contributed by atoms with Crippen LogP contribution in [-0.2, 0) is 6.54 Å². The molecule has 3 aromatic rings. The largest absolute Gasteiger partial charge is 0.324 e. The number of benzene rings is 2. The standard InChI is InChI=1S/C23H28N4O/c1-3-21(19-10-5-4-6-11-19)22-24-23(28-25-22)27-15-13-26(14-16-27)17-20-12-8-7-9-18(20)2/h4-12,21H,3,13-17H2,1-2H3. The van der Waals surface area contributed by atoms with Crippen molar-refractivity contribution >= 4 is 6.01 Å². The molecule has 1 saturated heterocycles. The number of hydrogen-bond donors (Lipinski definition) is 0. The fraction of sp³-hybridized carbons (Fsp3) is 0.391. The molecule has 1 atom stereocenters. The Labute approximate surface area is 167 Å². The maximum Gasteiger partial charge on any atom is 0.324 e. The molecule has 0 aliphatic carbocycles. The molecule has 2 heterocycles. The molecule has 0 saturated carbocycles. The molecule has 1 unspecified atom stereocenters. The molecule has 1 aliphatic heterocycles. The molecule has 1 fully saturated rings. The Kier molecular flexibility index (Phi) is 5.72. The highest BCUT2D eigenvalue weighted by Crippen LogP contribution is 2.27. The number of rotatable bonds is 6. The molecule has 5 heteroatoms. The Balaban J connectivity index is 1.38. The molecule has 0 bridgehead atoms. The van der Waals surface area contributed by atoms with Gasteiger partial charge in [0.1, 0.15) is 0 Å². The first kappa shape index (κ1) is 18.7. The average Bonchev–Trinajstić information content (AvgIpc) is 3.21. The number of anilines is 1. The van der Waals surface area contributed by atoms with Crippen LogP contribution in [0.2, 0.25) is 0 Å². The molecule has 0 amide bonds. The highest BCUT2D eigenvalue weighted by atomic mass is 16.5. The number of aromatic nitrogens is 2. The van der Waals surface area contributed by atoms with Gasteiger partial charge in [0.2, 0.25) is 0 Å². The third-order valence-corrected chi connectivity index (χ3v) is 5.65. The van der Waals surface area contributed by atoms with Crippen LogP contribution in [0.1, 0.15) is 41.8 Å². The lowest BCUT2D eigenvalue weighted by molar-refractivity contribution is 0.242. The first-order valence-electron chi connectivity index (χ1n) is 10.1. The van der Waals surface area contributed by atoms with Crippen LogP contribution in [-0.4, -0.2) is 41.2 Å². The van der Waals surface area contributed by atoms with Gasteiger partial charge in [-0.3, -0.25) is 4.90 Å². The molecule has 28 heavy (non-hydrogen) atoms. The second-order valence-corrected chi connectivity index (χ2v) is 7.50. The summed E-state index contributed by atoms with van der Waals surface area (Å²) < 4.78 is 5.63. The van der Waals surface area contributed by atoms with E-state index in [-0.39, 0.29) is 5.92 Å². The zero-order valence-corrected chi connectivity index (χ0v) is 16.7. The van der Waals surface area contributed by atoms with Crippen molar-refractivity contribution in [2.24, 2.45) is 0 Å². The first-order valence-corrected chi connectivity index (χ1v) is 10.1. The summed E-state index contributed by atoms with van der Waals surface area (Å²) in [6.45, 7) is 9.18. The molecule has 4 rings (SSSR count). The maximum absolute atomic E-state index is 5.63. The van der Waals surface area contributed by atoms with Crippen molar-refractivity contribution in [2.45, 2.75) is 32.7 Å². The van der Waals surface area contributed by atoms with Gasteiger partial charge in [0.25, 0.3) is 0 Å². The van der Waals surface area contributed by atoms with E-state index in [4.69, 9.17) is 9.51 Å². The van der Waals surface area contributed by atoms with Crippen LogP contribution in [0, 0.1) is 6.92 Å². The number of nitrogens with zero attached hydrogens (tertiary/aromatic N) is 4. The van der Waals surface area contributed by atoms with Crippen molar-refractivity contribution in [3.8, 4) is 0 Å². The molecular weight excluding hydrogens is 348 g/mol. The van der Waals surface area contributed by atoms with E-state index in [1.54, 1.807) is 0 Å². The van der Waals surface area contributed by atoms with Gasteiger partial charge >= 0.3 is 6.01 Å². The minimum Gasteiger partial charge on any atom is -0.322 e. The zero-order valence-electron chi connectivity index (χ0n) is 16.7. The highest BCUT2D eigenvalue weighted by molar-refractivity contribution is 5.31. The van der Waals surface area contributed by atoms with E-state index in [1.165, 1.54) is 16.7 Å². The summed E-state index contributed by atoms with van der Waals surface area (Å²) >= 11 is 0. The summed E-state index contributed by atoms with van der Waals surface area (Å²) in [4.78, 5) is 9.44. The van der Waals surface area contributed by atoms with Crippen LogP contribution >= 0.6 is 0 Å². The first-order chi connectivity index (χ1) is 13.7. The molecule has 1 aromatic heterocycles. The Bertz CT molecular complexity index is 884. The molecule has 0 spiro atoms. The summed E-state index contributed by atoms with van der Waals surface area (Å²) in [7, 11) is 0. The van der Waals surface area contributed by atoms with Crippen molar-refractivity contribution in [1.82, 2.24) is 15.0 Å². The molecule has 0 radical (unpaired) electrons. The van der Waals surface area contributed by atoms with Crippen LogP contribution in [0.4, 0.5) is 6.01 Å². The summed E-state index contributed by atoms with van der Waals surface area (Å²) in [6, 6.07) is 19.7. The van der Waals surface area contributed by atoms with E-state index in [9.17, 15) is 0 Å². The van der Waals surface area contributed by atoms with Gasteiger partial charge in [-0.05, 0) is 30.0 Å². The van der Waals surface area contributed by atoms with Crippen molar-refractivity contribution in [1.29, 1.82) is 0 Å². The van der Waals surface area contributed by atoms with Gasteiger partial charge in [-0.25, -0.2) is 0 Å². The van der Waals surface area contributed by atoms with E-state index < -0.39 is 0 Å². The number of hydrogen-bond acceptors (Lipinski definition) is 5. The fourth-order valence-electron chi connectivity index (χ4n) is 3.87. The number of aryl methyl sites for hydroxylation is 1. The van der Waals surface area contributed by atoms with Gasteiger partial charge in [-0.2, -0.15) is 4.98 Å². The van der Waals surface area contributed by atoms with Crippen LogP contribution in [0.25, 0.3) is 0 Å². The Morgan fingerprint density at radius 1 is 0.964 bits per heavy atom. The van der Waals surface area contributed by atoms with Crippen LogP contribution in [0.5, 0.6) is 0 Å². The van der Waals surface area contributed by atoms with Gasteiger partial charge in [0, 0.05) is 38.6 Å². The van der Waals surface area contributed by atoms with E-state index in [0.717, 1.165) is 45.0 Å². The Morgan fingerprint density at radius 3 is 2.39 bits per heavy atom. The SMILES string of the molecule is CCC(c1ccccc1)c1noc(N2CCN(Cc3ccccc3C)CC2)n1. The lowest BCUT2D eigenvalue weighted by atomic mass is 9.96. The highest BCUT2D eigenvalue weighted by Gasteiger charge is 2.24. The zero-order chi connectivity index (χ0) is 19.3. The molecule has 0 N–H and O–H groups in total. The summed E-state index contributed by atoms with van der Waals surface area (Å²) in [5.41, 5.74) is 4.00. The summed E-state index contributed by atoms with van der Waals surface area (Å²) in [5, 5.41) is 4.30. The van der Waals surface area contributed by atoms with Gasteiger partial charge in [0.05, 0.1) is 0 Å². The molecular formula is C23H28N4O. The van der Waals surface area contributed by atoms with Gasteiger partial charge in [0.15, 0.2) is 5.82 Å². The van der Waals surface area contributed by atoms with Gasteiger partial charge < -0.3 is 9.42 Å². The average molecular weight is 377 g/mol. The van der Waals surface area contributed by atoms with Crippen molar-refractivity contribution in [3.05, 3.63) is 77.1 Å². The van der Waals surface area contributed by atoms with Crippen molar-refractivity contribution in [2.75, 3.05) is 31.1 Å². The van der Waals surface area contributed by atoms with Crippen LogP contribution in [0.15, 0.2) is 59.1 Å². The minimum atomic E-state index is 0.182. The third-order valence-electron chi connectivity index (χ3n) is 5.65. The summed E-state index contributed by atoms with van der Waals surface area (Å²) in [5.74, 6) is 0.965. The van der Waals surface area contributed by atoms with Crippen molar-refractivity contribution < 1.29 is 4.52 Å². The lowest BCUT2D eigenvalue weighted by Gasteiger charge is -2.33. The van der Waals surface area contributed by atoms with E-state index >= 15 is 0 Å². The van der Waals surface area contributed by atoms with E-state index in [1.807, 2.05) is 6.07 Å². The fourth-order valence-corrected chi connectivity index (χ4v) is 3.87. The normalized spacial score (nSPS) is 16.3. The lowest BCUT2D eigenvalue weighted by Crippen LogP contribution is -2.46. The van der Waals surface area contributed by atoms with E-state index in [0.29, 0.717) is 6.01 Å². The second kappa shape index (κ2) is 8.57. The van der Waals surface area contributed by atoms with Gasteiger partial charge in [-0.15, -0.1) is 0 Å². The quantitative estimate of drug-likeness (QED) is 0.644. The monoisotopic (exact) mass is 376 g/mol. The smallest absolute Gasteiger partial charge is 0.322 e. The predicted octanol–water partition coefficient (Wildman–Crippen LogP) is 4.24. The van der Waals surface area contributed by atoms with Crippen molar-refractivity contribution in [3.63, 3.8) is 0 Å². The van der Waals surface area contributed by atoms with Gasteiger partial charge in [-0.1, -0.05) is 66.7 Å². The minimum absolute atomic E-state index is 0.182. The maximum atomic E-state index is 5.63. The molecule has 146 valence electrons. The Hall–Kier alpha value is -2.66. The molecule has 2 aromatic carbocycles. The summed E-state index contributed by atoms with van der Waals surface area (Å²) in [6.07, 6.45) is 0.952. The molecule has 5 nitrogen and oxygen atoms in total. The van der Waals surface area contributed by atoms with Crippen LogP contribution in [0.3, 0.4) is 0 Å². The Morgan fingerprint density at radius 2 is 1.68 bits per heavy atom. The van der Waals surface area contributed by atoms with Crippen LogP contribution < -0.4 is 4.90 Å². The topological polar surface area (TPSA) is 45.4 Å². The van der Waals surface area contributed by atoms with E-state index in [2.05, 4.69) is 77.3 Å².